The van der Waals surface area contributed by atoms with Gasteiger partial charge in [0.1, 0.15) is 5.52 Å². The highest BCUT2D eigenvalue weighted by Crippen LogP contribution is 2.29. The Kier molecular flexibility index (Phi) is 5.58. The molecule has 3 aromatic rings. The molecule has 0 aliphatic carbocycles. The lowest BCUT2D eigenvalue weighted by Gasteiger charge is -2.11. The summed E-state index contributed by atoms with van der Waals surface area (Å²) in [5.41, 5.74) is 3.01. The Labute approximate surface area is 164 Å². The number of carbonyl (C=O) groups excluding carboxylic acids is 1. The Morgan fingerprint density at radius 1 is 1.07 bits per heavy atom. The molecule has 0 aliphatic heterocycles. The number of aromatic nitrogens is 1. The van der Waals surface area contributed by atoms with Gasteiger partial charge < -0.3 is 19.2 Å². The number of nitrogens with one attached hydrogen (secondary N) is 1. The first-order chi connectivity index (χ1) is 13.3. The Morgan fingerprint density at radius 3 is 2.50 bits per heavy atom. The molecule has 0 saturated carbocycles. The number of hydrogen-bond acceptors (Lipinski definition) is 5. The first-order valence-corrected chi connectivity index (χ1v) is 9.22. The molecule has 6 nitrogen and oxygen atoms in total. The number of aryl methyl sites for hydroxylation is 1. The van der Waals surface area contributed by atoms with Crippen molar-refractivity contribution in [1.82, 2.24) is 4.98 Å². The summed E-state index contributed by atoms with van der Waals surface area (Å²) in [6, 6.07) is 11.2. The highest BCUT2D eigenvalue weighted by atomic mass is 16.5. The van der Waals surface area contributed by atoms with E-state index in [1.165, 1.54) is 0 Å². The van der Waals surface area contributed by atoms with Crippen molar-refractivity contribution in [1.29, 1.82) is 0 Å². The molecule has 1 amide bonds. The van der Waals surface area contributed by atoms with Gasteiger partial charge in [-0.05, 0) is 42.3 Å². The van der Waals surface area contributed by atoms with Gasteiger partial charge in [0.2, 0.25) is 11.8 Å². The highest BCUT2D eigenvalue weighted by Gasteiger charge is 2.21. The summed E-state index contributed by atoms with van der Waals surface area (Å²) >= 11 is 0. The number of amides is 1. The molecule has 0 bridgehead atoms. The molecule has 0 radical (unpaired) electrons. The Bertz CT molecular complexity index is 986. The fraction of sp³-hybridized carbons (Fsp3) is 0.364. The van der Waals surface area contributed by atoms with E-state index < -0.39 is 0 Å². The van der Waals surface area contributed by atoms with E-state index in [1.54, 1.807) is 14.2 Å². The van der Waals surface area contributed by atoms with Gasteiger partial charge in [-0.25, -0.2) is 4.98 Å². The van der Waals surface area contributed by atoms with Crippen molar-refractivity contribution in [3.05, 3.63) is 47.9 Å². The van der Waals surface area contributed by atoms with Crippen LogP contribution in [0, 0.1) is 0 Å². The summed E-state index contributed by atoms with van der Waals surface area (Å²) in [5, 5.41) is 2.93. The fourth-order valence-electron chi connectivity index (χ4n) is 2.84. The average molecular weight is 382 g/mol. The van der Waals surface area contributed by atoms with Crippen LogP contribution < -0.4 is 14.8 Å². The number of ether oxygens (including phenoxy) is 2. The third kappa shape index (κ3) is 4.44. The zero-order chi connectivity index (χ0) is 20.3. The van der Waals surface area contributed by atoms with E-state index >= 15 is 0 Å². The summed E-state index contributed by atoms with van der Waals surface area (Å²) in [5.74, 6) is 1.95. The Morgan fingerprint density at radius 2 is 1.82 bits per heavy atom. The van der Waals surface area contributed by atoms with Crippen LogP contribution in [0.3, 0.4) is 0 Å². The lowest BCUT2D eigenvalue weighted by Crippen LogP contribution is -2.12. The molecular weight excluding hydrogens is 356 g/mol. The lowest BCUT2D eigenvalue weighted by atomic mass is 9.97. The van der Waals surface area contributed by atoms with E-state index in [9.17, 15) is 4.79 Å². The molecule has 0 saturated heterocycles. The van der Waals surface area contributed by atoms with Gasteiger partial charge in [-0.3, -0.25) is 4.79 Å². The fourth-order valence-corrected chi connectivity index (χ4v) is 2.84. The third-order valence-electron chi connectivity index (χ3n) is 4.40. The molecule has 3 rings (SSSR count). The number of anilines is 1. The summed E-state index contributed by atoms with van der Waals surface area (Å²) in [6.07, 6.45) is 0.964. The van der Waals surface area contributed by atoms with E-state index in [0.717, 1.165) is 11.1 Å². The van der Waals surface area contributed by atoms with Gasteiger partial charge in [-0.15, -0.1) is 0 Å². The van der Waals surface area contributed by atoms with Crippen LogP contribution in [0.25, 0.3) is 11.1 Å². The molecular formula is C22H26N2O4. The van der Waals surface area contributed by atoms with Gasteiger partial charge in [0.15, 0.2) is 17.1 Å². The molecule has 28 heavy (non-hydrogen) atoms. The van der Waals surface area contributed by atoms with Gasteiger partial charge in [0.25, 0.3) is 0 Å². The summed E-state index contributed by atoms with van der Waals surface area (Å²) in [4.78, 5) is 16.9. The molecule has 0 fully saturated rings. The molecule has 1 aromatic heterocycles. The van der Waals surface area contributed by atoms with E-state index in [2.05, 4.69) is 31.1 Å². The molecule has 0 unspecified atom stereocenters. The van der Waals surface area contributed by atoms with Crippen molar-refractivity contribution in [2.45, 2.75) is 39.0 Å². The second-order valence-corrected chi connectivity index (χ2v) is 7.69. The van der Waals surface area contributed by atoms with Crippen LogP contribution >= 0.6 is 0 Å². The standard InChI is InChI=1S/C22H26N2O4/c1-22(2,3)21-24-16-13-15(8-10-17(16)28-21)23-20(25)11-7-14-6-9-18(26-4)19(12-14)27-5/h6,8-10,12-13H,7,11H2,1-5H3,(H,23,25). The van der Waals surface area contributed by atoms with Crippen molar-refractivity contribution < 1.29 is 18.7 Å². The van der Waals surface area contributed by atoms with Crippen LogP contribution in [0.1, 0.15) is 38.6 Å². The van der Waals surface area contributed by atoms with Crippen molar-refractivity contribution in [3.63, 3.8) is 0 Å². The quantitative estimate of drug-likeness (QED) is 0.668. The highest BCUT2D eigenvalue weighted by molar-refractivity contribution is 5.92. The Hall–Kier alpha value is -3.02. The van der Waals surface area contributed by atoms with Gasteiger partial charge in [-0.1, -0.05) is 26.8 Å². The first-order valence-electron chi connectivity index (χ1n) is 9.22. The van der Waals surface area contributed by atoms with Crippen LogP contribution in [0.2, 0.25) is 0 Å². The molecule has 1 heterocycles. The zero-order valence-corrected chi connectivity index (χ0v) is 17.0. The molecule has 148 valence electrons. The molecule has 6 heteroatoms. The number of carbonyl (C=O) groups is 1. The largest absolute Gasteiger partial charge is 0.493 e. The SMILES string of the molecule is COc1ccc(CCC(=O)Nc2ccc3oc(C(C)(C)C)nc3c2)cc1OC. The normalized spacial score (nSPS) is 11.5. The smallest absolute Gasteiger partial charge is 0.224 e. The van der Waals surface area contributed by atoms with Gasteiger partial charge in [0.05, 0.1) is 14.2 Å². The minimum atomic E-state index is -0.165. The number of methoxy groups -OCH3 is 2. The van der Waals surface area contributed by atoms with Crippen molar-refractivity contribution in [2.75, 3.05) is 19.5 Å². The van der Waals surface area contributed by atoms with Crippen LogP contribution in [-0.2, 0) is 16.6 Å². The third-order valence-corrected chi connectivity index (χ3v) is 4.40. The molecule has 2 aromatic carbocycles. The van der Waals surface area contributed by atoms with Crippen molar-refractivity contribution in [3.8, 4) is 11.5 Å². The topological polar surface area (TPSA) is 73.6 Å². The maximum absolute atomic E-state index is 12.4. The van der Waals surface area contributed by atoms with Gasteiger partial charge >= 0.3 is 0 Å². The minimum absolute atomic E-state index is 0.0614. The van der Waals surface area contributed by atoms with Crippen LogP contribution in [0.4, 0.5) is 5.69 Å². The number of oxazole rings is 1. The first kappa shape index (κ1) is 19.7. The van der Waals surface area contributed by atoms with Crippen LogP contribution in [0.15, 0.2) is 40.8 Å². The number of fused-ring (bicyclic) bond motifs is 1. The average Bonchev–Trinajstić information content (AvgIpc) is 3.10. The Balaban J connectivity index is 1.64. The molecule has 1 N–H and O–H groups in total. The molecule has 0 atom stereocenters. The number of nitrogens with zero attached hydrogens (tertiary/aromatic N) is 1. The van der Waals surface area contributed by atoms with Crippen LogP contribution in [0.5, 0.6) is 11.5 Å². The predicted molar refractivity (Wildman–Crippen MR) is 109 cm³/mol. The second kappa shape index (κ2) is 7.92. The van der Waals surface area contributed by atoms with Gasteiger partial charge in [-0.2, -0.15) is 0 Å². The number of hydrogen-bond donors (Lipinski definition) is 1. The van der Waals surface area contributed by atoms with Gasteiger partial charge in [0, 0.05) is 17.5 Å². The summed E-state index contributed by atoms with van der Waals surface area (Å²) < 4.78 is 16.3. The minimum Gasteiger partial charge on any atom is -0.493 e. The lowest BCUT2D eigenvalue weighted by molar-refractivity contribution is -0.116. The summed E-state index contributed by atoms with van der Waals surface area (Å²) in [6.45, 7) is 6.15. The van der Waals surface area contributed by atoms with E-state index in [-0.39, 0.29) is 11.3 Å². The predicted octanol–water partition coefficient (Wildman–Crippen LogP) is 4.71. The van der Waals surface area contributed by atoms with Crippen molar-refractivity contribution >= 4 is 22.7 Å². The summed E-state index contributed by atoms with van der Waals surface area (Å²) in [7, 11) is 3.20. The maximum Gasteiger partial charge on any atom is 0.224 e. The maximum atomic E-state index is 12.4. The monoisotopic (exact) mass is 382 g/mol. The second-order valence-electron chi connectivity index (χ2n) is 7.69. The molecule has 0 spiro atoms. The van der Waals surface area contributed by atoms with Crippen molar-refractivity contribution in [2.24, 2.45) is 0 Å². The van der Waals surface area contributed by atoms with Crippen LogP contribution in [-0.4, -0.2) is 25.1 Å². The molecule has 0 aliphatic rings. The zero-order valence-electron chi connectivity index (χ0n) is 17.0. The van der Waals surface area contributed by atoms with E-state index in [1.807, 2.05) is 36.4 Å². The number of benzene rings is 2. The number of rotatable bonds is 6. The van der Waals surface area contributed by atoms with E-state index in [0.29, 0.717) is 41.5 Å². The van der Waals surface area contributed by atoms with E-state index in [4.69, 9.17) is 13.9 Å².